The quantitative estimate of drug-likeness (QED) is 0.477. The van der Waals surface area contributed by atoms with Gasteiger partial charge >= 0.3 is 0 Å². The van der Waals surface area contributed by atoms with Crippen molar-refractivity contribution in [1.82, 2.24) is 0 Å². The molecule has 0 heterocycles. The molecular weight excluding hydrogens is 316 g/mol. The maximum absolute atomic E-state index is 6.69. The van der Waals surface area contributed by atoms with Gasteiger partial charge in [-0.15, -0.1) is 0 Å². The molecular formula is C16H33BrOSi. The summed E-state index contributed by atoms with van der Waals surface area (Å²) in [6.45, 7) is 18.5. The predicted molar refractivity (Wildman–Crippen MR) is 93.4 cm³/mol. The average Bonchev–Trinajstić information content (AvgIpc) is 2.24. The molecule has 3 heteroatoms. The molecule has 0 spiro atoms. The molecule has 0 N–H and O–H groups in total. The molecule has 0 bridgehead atoms. The molecule has 0 aliphatic carbocycles. The molecule has 0 saturated carbocycles. The fourth-order valence-corrected chi connectivity index (χ4v) is 3.57. The highest BCUT2D eigenvalue weighted by molar-refractivity contribution is 9.11. The van der Waals surface area contributed by atoms with Crippen LogP contribution in [0.5, 0.6) is 0 Å². The van der Waals surface area contributed by atoms with E-state index in [4.69, 9.17) is 4.43 Å². The van der Waals surface area contributed by atoms with E-state index < -0.39 is 8.32 Å². The maximum atomic E-state index is 6.69. The van der Waals surface area contributed by atoms with Gasteiger partial charge in [0.25, 0.3) is 0 Å². The Balaban J connectivity index is 5.02. The second-order valence-corrected chi connectivity index (χ2v) is 13.0. The Morgan fingerprint density at radius 1 is 1.16 bits per heavy atom. The standard InChI is InChI=1S/C16H33BrOSi/c1-9-11-14(16(5,6)12-10-13-17)18-19(7,8)15(2,3)4/h10,13-14H,9,11-12H2,1-8H3/b13-10+/t14-/m0/s1. The van der Waals surface area contributed by atoms with Gasteiger partial charge in [-0.3, -0.25) is 0 Å². The SMILES string of the molecule is CCC[C@H](O[Si](C)(C)C(C)(C)C)C(C)(C)C/C=C/Br. The first-order valence-electron chi connectivity index (χ1n) is 7.41. The summed E-state index contributed by atoms with van der Waals surface area (Å²) in [5, 5.41) is 0.278. The minimum Gasteiger partial charge on any atom is -0.413 e. The molecule has 0 aliphatic rings. The molecule has 0 aliphatic heterocycles. The van der Waals surface area contributed by atoms with Crippen molar-refractivity contribution in [3.05, 3.63) is 11.1 Å². The lowest BCUT2D eigenvalue weighted by Crippen LogP contribution is -2.47. The van der Waals surface area contributed by atoms with Gasteiger partial charge in [0, 0.05) is 0 Å². The van der Waals surface area contributed by atoms with E-state index in [0.29, 0.717) is 6.10 Å². The Morgan fingerprint density at radius 2 is 1.68 bits per heavy atom. The van der Waals surface area contributed by atoms with Crippen LogP contribution in [-0.4, -0.2) is 14.4 Å². The Labute approximate surface area is 130 Å². The van der Waals surface area contributed by atoms with Gasteiger partial charge in [0.2, 0.25) is 0 Å². The molecule has 0 aromatic carbocycles. The zero-order valence-electron chi connectivity index (χ0n) is 14.1. The van der Waals surface area contributed by atoms with Crippen LogP contribution in [0, 0.1) is 5.41 Å². The molecule has 114 valence electrons. The molecule has 1 nitrogen and oxygen atoms in total. The van der Waals surface area contributed by atoms with Crippen molar-refractivity contribution in [2.75, 3.05) is 0 Å². The fourth-order valence-electron chi connectivity index (χ4n) is 1.88. The first kappa shape index (κ1) is 19.4. The number of hydrogen-bond donors (Lipinski definition) is 0. The molecule has 19 heavy (non-hydrogen) atoms. The monoisotopic (exact) mass is 348 g/mol. The van der Waals surface area contributed by atoms with E-state index in [1.807, 2.05) is 4.99 Å². The molecule has 0 unspecified atom stereocenters. The van der Waals surface area contributed by atoms with Crippen LogP contribution in [0.4, 0.5) is 0 Å². The highest BCUT2D eigenvalue weighted by Gasteiger charge is 2.42. The highest BCUT2D eigenvalue weighted by Crippen LogP contribution is 2.41. The number of hydrogen-bond acceptors (Lipinski definition) is 1. The van der Waals surface area contributed by atoms with Crippen molar-refractivity contribution < 1.29 is 4.43 Å². The Morgan fingerprint density at radius 3 is 2.05 bits per heavy atom. The van der Waals surface area contributed by atoms with Crippen molar-refractivity contribution >= 4 is 24.2 Å². The van der Waals surface area contributed by atoms with E-state index in [-0.39, 0.29) is 10.5 Å². The van der Waals surface area contributed by atoms with Gasteiger partial charge in [-0.05, 0) is 41.4 Å². The van der Waals surface area contributed by atoms with Gasteiger partial charge in [0.05, 0.1) is 6.10 Å². The topological polar surface area (TPSA) is 9.23 Å². The highest BCUT2D eigenvalue weighted by atomic mass is 79.9. The second-order valence-electron chi connectivity index (χ2n) is 7.71. The minimum atomic E-state index is -1.69. The Kier molecular flexibility index (Phi) is 7.57. The third-order valence-corrected chi connectivity index (χ3v) is 9.26. The molecule has 0 aromatic heterocycles. The van der Waals surface area contributed by atoms with Crippen molar-refractivity contribution in [3.8, 4) is 0 Å². The van der Waals surface area contributed by atoms with Crippen molar-refractivity contribution in [2.45, 2.75) is 85.0 Å². The largest absolute Gasteiger partial charge is 0.413 e. The third kappa shape index (κ3) is 6.13. The van der Waals surface area contributed by atoms with Gasteiger partial charge in [-0.1, -0.05) is 70.0 Å². The lowest BCUT2D eigenvalue weighted by molar-refractivity contribution is 0.0543. The van der Waals surface area contributed by atoms with Gasteiger partial charge < -0.3 is 4.43 Å². The molecule has 0 rings (SSSR count). The predicted octanol–water partition coefficient (Wildman–Crippen LogP) is 6.50. The van der Waals surface area contributed by atoms with Gasteiger partial charge in [-0.25, -0.2) is 0 Å². The van der Waals surface area contributed by atoms with E-state index in [1.54, 1.807) is 0 Å². The van der Waals surface area contributed by atoms with Crippen LogP contribution in [0.1, 0.15) is 60.8 Å². The summed E-state index contributed by atoms with van der Waals surface area (Å²) < 4.78 is 6.69. The van der Waals surface area contributed by atoms with Crippen LogP contribution in [0.2, 0.25) is 18.1 Å². The molecule has 0 amide bonds. The van der Waals surface area contributed by atoms with Crippen molar-refractivity contribution in [1.29, 1.82) is 0 Å². The Bertz CT molecular complexity index is 290. The van der Waals surface area contributed by atoms with E-state index >= 15 is 0 Å². The fraction of sp³-hybridized carbons (Fsp3) is 0.875. The first-order valence-corrected chi connectivity index (χ1v) is 11.2. The summed E-state index contributed by atoms with van der Waals surface area (Å²) in [5.41, 5.74) is 0.190. The first-order chi connectivity index (χ1) is 8.48. The summed E-state index contributed by atoms with van der Waals surface area (Å²) in [6.07, 6.45) is 5.92. The van der Waals surface area contributed by atoms with Crippen LogP contribution in [0.25, 0.3) is 0 Å². The zero-order valence-corrected chi connectivity index (χ0v) is 16.7. The van der Waals surface area contributed by atoms with Gasteiger partial charge in [0.15, 0.2) is 8.32 Å². The van der Waals surface area contributed by atoms with E-state index in [9.17, 15) is 0 Å². The number of rotatable bonds is 7. The molecule has 0 saturated heterocycles. The van der Waals surface area contributed by atoms with Gasteiger partial charge in [-0.2, -0.15) is 0 Å². The summed E-state index contributed by atoms with van der Waals surface area (Å²) in [5.74, 6) is 0. The summed E-state index contributed by atoms with van der Waals surface area (Å²) in [4.78, 5) is 1.96. The summed E-state index contributed by atoms with van der Waals surface area (Å²) >= 11 is 3.37. The molecule has 1 atom stereocenters. The van der Waals surface area contributed by atoms with Crippen LogP contribution in [0.15, 0.2) is 11.1 Å². The van der Waals surface area contributed by atoms with Crippen molar-refractivity contribution in [3.63, 3.8) is 0 Å². The normalized spacial score (nSPS) is 16.1. The lowest BCUT2D eigenvalue weighted by Gasteiger charge is -2.44. The number of halogens is 1. The third-order valence-electron chi connectivity index (χ3n) is 4.40. The van der Waals surface area contributed by atoms with Crippen LogP contribution in [-0.2, 0) is 4.43 Å². The number of allylic oxidation sites excluding steroid dienone is 1. The average molecular weight is 349 g/mol. The van der Waals surface area contributed by atoms with Crippen molar-refractivity contribution in [2.24, 2.45) is 5.41 Å². The second kappa shape index (κ2) is 7.42. The lowest BCUT2D eigenvalue weighted by atomic mass is 9.81. The van der Waals surface area contributed by atoms with E-state index in [2.05, 4.69) is 76.6 Å². The van der Waals surface area contributed by atoms with Crippen LogP contribution < -0.4 is 0 Å². The van der Waals surface area contributed by atoms with Crippen LogP contribution >= 0.6 is 15.9 Å². The molecule has 0 fully saturated rings. The maximum Gasteiger partial charge on any atom is 0.192 e. The minimum absolute atomic E-state index is 0.190. The van der Waals surface area contributed by atoms with E-state index in [0.717, 1.165) is 12.8 Å². The summed E-state index contributed by atoms with van der Waals surface area (Å²) in [6, 6.07) is 0. The smallest absolute Gasteiger partial charge is 0.192 e. The van der Waals surface area contributed by atoms with E-state index in [1.165, 1.54) is 6.42 Å². The Hall–Kier alpha value is 0.397. The van der Waals surface area contributed by atoms with Crippen LogP contribution in [0.3, 0.4) is 0 Å². The van der Waals surface area contributed by atoms with Gasteiger partial charge in [0.1, 0.15) is 0 Å². The zero-order chi connectivity index (χ0) is 15.3. The molecule has 0 aromatic rings. The molecule has 0 radical (unpaired) electrons. The summed E-state index contributed by atoms with van der Waals surface area (Å²) in [7, 11) is -1.69.